The van der Waals surface area contributed by atoms with Crippen LogP contribution in [0.1, 0.15) is 38.5 Å². The van der Waals surface area contributed by atoms with Crippen molar-refractivity contribution >= 4 is 21.8 Å². The van der Waals surface area contributed by atoms with Gasteiger partial charge in [-0.3, -0.25) is 0 Å². The first-order valence-electron chi connectivity index (χ1n) is 7.61. The van der Waals surface area contributed by atoms with Gasteiger partial charge in [0.15, 0.2) is 0 Å². The van der Waals surface area contributed by atoms with Gasteiger partial charge >= 0.3 is 0 Å². The van der Waals surface area contributed by atoms with Gasteiger partial charge in [0.2, 0.25) is 0 Å². The number of morpholine rings is 1. The zero-order chi connectivity index (χ0) is 14.2. The first-order valence-corrected chi connectivity index (χ1v) is 9.54. The Kier molecular flexibility index (Phi) is 4.57. The van der Waals surface area contributed by atoms with Crippen molar-refractivity contribution in [3.63, 3.8) is 0 Å². The molecular formula is C13H23ClN2O3S. The summed E-state index contributed by atoms with van der Waals surface area (Å²) in [5.74, 6) is 0.387. The van der Waals surface area contributed by atoms with Crippen LogP contribution in [0, 0.1) is 0 Å². The van der Waals surface area contributed by atoms with Gasteiger partial charge in [0.25, 0.3) is 10.2 Å². The summed E-state index contributed by atoms with van der Waals surface area (Å²) in [6.45, 7) is 1.60. The first kappa shape index (κ1) is 15.0. The second-order valence-corrected chi connectivity index (χ2v) is 8.08. The molecule has 1 saturated carbocycles. The van der Waals surface area contributed by atoms with E-state index in [1.807, 2.05) is 0 Å². The van der Waals surface area contributed by atoms with E-state index in [9.17, 15) is 8.42 Å². The van der Waals surface area contributed by atoms with Crippen LogP contribution in [0.5, 0.6) is 0 Å². The Morgan fingerprint density at radius 3 is 2.70 bits per heavy atom. The molecule has 2 saturated heterocycles. The molecule has 20 heavy (non-hydrogen) atoms. The lowest BCUT2D eigenvalue weighted by atomic mass is 10.1. The molecule has 3 rings (SSSR count). The third-order valence-electron chi connectivity index (χ3n) is 4.78. The largest absolute Gasteiger partial charge is 0.375 e. The molecule has 116 valence electrons. The standard InChI is InChI=1S/C13H23ClN2O3S/c14-10-11-4-1-2-7-15(11)20(17,18)16-8-9-19-13-6-3-5-12(13)16/h11-13H,1-10H2. The van der Waals surface area contributed by atoms with Crippen molar-refractivity contribution in [1.82, 2.24) is 8.61 Å². The number of hydrogen-bond acceptors (Lipinski definition) is 3. The highest BCUT2D eigenvalue weighted by Crippen LogP contribution is 2.34. The lowest BCUT2D eigenvalue weighted by Gasteiger charge is -2.42. The number of piperidine rings is 1. The Morgan fingerprint density at radius 1 is 1.05 bits per heavy atom. The summed E-state index contributed by atoms with van der Waals surface area (Å²) >= 11 is 5.98. The maximum atomic E-state index is 13.0. The van der Waals surface area contributed by atoms with Gasteiger partial charge in [-0.15, -0.1) is 11.6 Å². The Morgan fingerprint density at radius 2 is 1.90 bits per heavy atom. The molecule has 2 aliphatic heterocycles. The van der Waals surface area contributed by atoms with E-state index in [0.29, 0.717) is 25.6 Å². The van der Waals surface area contributed by atoms with Crippen LogP contribution in [0.3, 0.4) is 0 Å². The minimum absolute atomic E-state index is 0.0339. The number of hydrogen-bond donors (Lipinski definition) is 0. The summed E-state index contributed by atoms with van der Waals surface area (Å²) < 4.78 is 35.0. The fourth-order valence-electron chi connectivity index (χ4n) is 3.74. The summed E-state index contributed by atoms with van der Waals surface area (Å²) in [5, 5.41) is 0. The molecule has 1 aliphatic carbocycles. The number of rotatable bonds is 3. The fourth-order valence-corrected chi connectivity index (χ4v) is 6.22. The van der Waals surface area contributed by atoms with Crippen LogP contribution in [0.25, 0.3) is 0 Å². The van der Waals surface area contributed by atoms with Crippen molar-refractivity contribution in [2.45, 2.75) is 56.7 Å². The van der Waals surface area contributed by atoms with E-state index in [2.05, 4.69) is 0 Å². The number of alkyl halides is 1. The molecular weight excluding hydrogens is 300 g/mol. The predicted octanol–water partition coefficient (Wildman–Crippen LogP) is 1.58. The van der Waals surface area contributed by atoms with Crippen molar-refractivity contribution in [2.75, 3.05) is 25.6 Å². The highest BCUT2D eigenvalue weighted by Gasteiger charge is 2.45. The molecule has 5 nitrogen and oxygen atoms in total. The first-order chi connectivity index (χ1) is 9.64. The molecule has 3 atom stereocenters. The average molecular weight is 323 g/mol. The summed E-state index contributed by atoms with van der Waals surface area (Å²) in [5.41, 5.74) is 0. The van der Waals surface area contributed by atoms with E-state index in [-0.39, 0.29) is 18.2 Å². The maximum absolute atomic E-state index is 13.0. The molecule has 0 aromatic carbocycles. The third kappa shape index (κ3) is 2.61. The highest BCUT2D eigenvalue weighted by molar-refractivity contribution is 7.86. The second kappa shape index (κ2) is 6.08. The second-order valence-electron chi connectivity index (χ2n) is 5.94. The number of nitrogens with zero attached hydrogens (tertiary/aromatic N) is 2. The topological polar surface area (TPSA) is 49.9 Å². The van der Waals surface area contributed by atoms with Gasteiger partial charge in [-0.05, 0) is 32.1 Å². The Labute approximate surface area is 126 Å². The minimum atomic E-state index is -3.40. The summed E-state index contributed by atoms with van der Waals surface area (Å²) in [7, 11) is -3.40. The molecule has 0 amide bonds. The van der Waals surface area contributed by atoms with E-state index in [1.165, 1.54) is 0 Å². The van der Waals surface area contributed by atoms with Crippen LogP contribution in [0.4, 0.5) is 0 Å². The Hall–Kier alpha value is 0.120. The molecule has 3 aliphatic rings. The maximum Gasteiger partial charge on any atom is 0.282 e. The van der Waals surface area contributed by atoms with E-state index in [0.717, 1.165) is 38.5 Å². The molecule has 0 radical (unpaired) electrons. The molecule has 3 unspecified atom stereocenters. The van der Waals surface area contributed by atoms with Crippen LogP contribution in [0.15, 0.2) is 0 Å². The summed E-state index contributed by atoms with van der Waals surface area (Å²) in [6, 6.07) is -0.00948. The Balaban J connectivity index is 1.82. The molecule has 0 N–H and O–H groups in total. The van der Waals surface area contributed by atoms with Crippen molar-refractivity contribution in [3.05, 3.63) is 0 Å². The summed E-state index contributed by atoms with van der Waals surface area (Å²) in [6.07, 6.45) is 5.93. The van der Waals surface area contributed by atoms with Gasteiger partial charge in [-0.1, -0.05) is 6.42 Å². The molecule has 0 bridgehead atoms. The SMILES string of the molecule is O=S(=O)(N1CCCCC1CCl)N1CCOC2CCCC21. The zero-order valence-electron chi connectivity index (χ0n) is 11.7. The quantitative estimate of drug-likeness (QED) is 0.741. The van der Waals surface area contributed by atoms with Crippen LogP contribution >= 0.6 is 11.6 Å². The Bertz CT molecular complexity index is 445. The molecule has 3 fully saturated rings. The molecule has 0 aromatic rings. The molecule has 0 aromatic heterocycles. The zero-order valence-corrected chi connectivity index (χ0v) is 13.3. The molecule has 0 spiro atoms. The van der Waals surface area contributed by atoms with Gasteiger partial charge in [-0.25, -0.2) is 0 Å². The van der Waals surface area contributed by atoms with Crippen molar-refractivity contribution in [1.29, 1.82) is 0 Å². The van der Waals surface area contributed by atoms with Gasteiger partial charge in [0, 0.05) is 25.0 Å². The molecule has 7 heteroatoms. The predicted molar refractivity (Wildman–Crippen MR) is 78.1 cm³/mol. The van der Waals surface area contributed by atoms with E-state index in [4.69, 9.17) is 16.3 Å². The van der Waals surface area contributed by atoms with E-state index < -0.39 is 10.2 Å². The van der Waals surface area contributed by atoms with Gasteiger partial charge in [0.1, 0.15) is 0 Å². The van der Waals surface area contributed by atoms with Gasteiger partial charge < -0.3 is 4.74 Å². The summed E-state index contributed by atoms with van der Waals surface area (Å²) in [4.78, 5) is 0. The van der Waals surface area contributed by atoms with Crippen molar-refractivity contribution < 1.29 is 13.2 Å². The fraction of sp³-hybridized carbons (Fsp3) is 1.00. The van der Waals surface area contributed by atoms with Crippen molar-refractivity contribution in [3.8, 4) is 0 Å². The van der Waals surface area contributed by atoms with Crippen LogP contribution in [-0.4, -0.2) is 60.8 Å². The third-order valence-corrected chi connectivity index (χ3v) is 7.25. The number of ether oxygens (including phenoxy) is 1. The lowest BCUT2D eigenvalue weighted by molar-refractivity contribution is -0.0267. The van der Waals surface area contributed by atoms with Crippen molar-refractivity contribution in [2.24, 2.45) is 0 Å². The molecule has 2 heterocycles. The van der Waals surface area contributed by atoms with Crippen LogP contribution < -0.4 is 0 Å². The average Bonchev–Trinajstić information content (AvgIpc) is 2.95. The monoisotopic (exact) mass is 322 g/mol. The van der Waals surface area contributed by atoms with E-state index >= 15 is 0 Å². The van der Waals surface area contributed by atoms with E-state index in [1.54, 1.807) is 8.61 Å². The van der Waals surface area contributed by atoms with Gasteiger partial charge in [0.05, 0.1) is 18.8 Å². The smallest absolute Gasteiger partial charge is 0.282 e. The lowest BCUT2D eigenvalue weighted by Crippen LogP contribution is -2.58. The minimum Gasteiger partial charge on any atom is -0.375 e. The number of halogens is 1. The van der Waals surface area contributed by atoms with Crippen LogP contribution in [-0.2, 0) is 14.9 Å². The highest BCUT2D eigenvalue weighted by atomic mass is 35.5. The normalized spacial score (nSPS) is 37.0. The van der Waals surface area contributed by atoms with Gasteiger partial charge in [-0.2, -0.15) is 17.0 Å². The number of fused-ring (bicyclic) bond motifs is 1. The van der Waals surface area contributed by atoms with Crippen LogP contribution in [0.2, 0.25) is 0 Å².